The van der Waals surface area contributed by atoms with E-state index in [0.29, 0.717) is 16.1 Å². The average Bonchev–Trinajstić information content (AvgIpc) is 2.64. The van der Waals surface area contributed by atoms with E-state index in [0.717, 1.165) is 11.1 Å². The third-order valence-corrected chi connectivity index (χ3v) is 4.23. The highest BCUT2D eigenvalue weighted by molar-refractivity contribution is 6.30. The largest absolute Gasteiger partial charge is 0.242 e. The normalized spacial score (nSPS) is 12.4. The van der Waals surface area contributed by atoms with Gasteiger partial charge in [-0.15, -0.1) is 0 Å². The van der Waals surface area contributed by atoms with Gasteiger partial charge in [0.05, 0.1) is 0 Å². The fraction of sp³-hybridized carbons (Fsp3) is 0.0909. The highest BCUT2D eigenvalue weighted by atomic mass is 35.5. The first kappa shape index (κ1) is 17.4. The lowest BCUT2D eigenvalue weighted by Gasteiger charge is -2.10. The van der Waals surface area contributed by atoms with Crippen LogP contribution in [-0.2, 0) is 6.42 Å². The third kappa shape index (κ3) is 4.77. The van der Waals surface area contributed by atoms with Crippen LogP contribution in [0.15, 0.2) is 72.8 Å². The quantitative estimate of drug-likeness (QED) is 0.437. The molecule has 0 aliphatic carbocycles. The van der Waals surface area contributed by atoms with Crippen molar-refractivity contribution in [1.29, 1.82) is 0 Å². The maximum atomic E-state index is 14.3. The smallest absolute Gasteiger partial charge is 0.129 e. The van der Waals surface area contributed by atoms with Gasteiger partial charge < -0.3 is 0 Å². The van der Waals surface area contributed by atoms with Crippen molar-refractivity contribution in [2.24, 2.45) is 0 Å². The summed E-state index contributed by atoms with van der Waals surface area (Å²) in [6, 6.07) is 21.1. The molecule has 0 unspecified atom stereocenters. The van der Waals surface area contributed by atoms with Crippen molar-refractivity contribution in [3.63, 3.8) is 0 Å². The van der Waals surface area contributed by atoms with E-state index in [-0.39, 0.29) is 6.42 Å². The summed E-state index contributed by atoms with van der Waals surface area (Å²) >= 11 is 5.85. The maximum absolute atomic E-state index is 14.3. The molecular formula is C22H17ClF2. The highest BCUT2D eigenvalue weighted by Gasteiger charge is 2.13. The van der Waals surface area contributed by atoms with E-state index in [9.17, 15) is 8.78 Å². The predicted molar refractivity (Wildman–Crippen MR) is 101 cm³/mol. The van der Waals surface area contributed by atoms with Crippen LogP contribution in [0.4, 0.5) is 8.78 Å². The predicted octanol–water partition coefficient (Wildman–Crippen LogP) is 6.90. The van der Waals surface area contributed by atoms with E-state index in [1.807, 2.05) is 30.4 Å². The molecule has 3 aromatic carbocycles. The number of hydrogen-bond acceptors (Lipinski definition) is 0. The highest BCUT2D eigenvalue weighted by Crippen LogP contribution is 2.24. The van der Waals surface area contributed by atoms with E-state index in [4.69, 9.17) is 11.6 Å². The van der Waals surface area contributed by atoms with Crippen LogP contribution in [0.1, 0.15) is 28.4 Å². The second kappa shape index (κ2) is 8.09. The molecule has 0 aliphatic rings. The van der Waals surface area contributed by atoms with Gasteiger partial charge in [0.2, 0.25) is 0 Å². The van der Waals surface area contributed by atoms with Gasteiger partial charge in [0.15, 0.2) is 0 Å². The molecule has 0 spiro atoms. The summed E-state index contributed by atoms with van der Waals surface area (Å²) in [5.74, 6) is -0.392. The van der Waals surface area contributed by atoms with E-state index in [2.05, 4.69) is 0 Å². The summed E-state index contributed by atoms with van der Waals surface area (Å²) in [4.78, 5) is 0. The van der Waals surface area contributed by atoms with Crippen molar-refractivity contribution in [1.82, 2.24) is 0 Å². The molecule has 0 radical (unpaired) electrons. The van der Waals surface area contributed by atoms with Crippen molar-refractivity contribution in [2.45, 2.75) is 12.6 Å². The van der Waals surface area contributed by atoms with Crippen LogP contribution in [0.25, 0.3) is 12.2 Å². The Hall–Kier alpha value is -2.45. The zero-order valence-corrected chi connectivity index (χ0v) is 14.3. The minimum atomic E-state index is -1.22. The van der Waals surface area contributed by atoms with Crippen LogP contribution in [0.5, 0.6) is 0 Å². The van der Waals surface area contributed by atoms with Crippen LogP contribution in [-0.4, -0.2) is 0 Å². The summed E-state index contributed by atoms with van der Waals surface area (Å²) in [6.45, 7) is 0. The van der Waals surface area contributed by atoms with Crippen LogP contribution in [0.3, 0.4) is 0 Å². The van der Waals surface area contributed by atoms with Gasteiger partial charge in [0.25, 0.3) is 0 Å². The summed E-state index contributed by atoms with van der Waals surface area (Å²) in [5, 5.41) is 0.673. The molecule has 0 aromatic heterocycles. The fourth-order valence-electron chi connectivity index (χ4n) is 2.57. The van der Waals surface area contributed by atoms with E-state index >= 15 is 0 Å². The van der Waals surface area contributed by atoms with E-state index in [1.54, 1.807) is 48.5 Å². The molecule has 3 aromatic rings. The number of benzene rings is 3. The topological polar surface area (TPSA) is 0 Å². The molecule has 0 amide bonds. The van der Waals surface area contributed by atoms with Crippen LogP contribution in [0, 0.1) is 5.82 Å². The first-order valence-electron chi connectivity index (χ1n) is 8.03. The summed E-state index contributed by atoms with van der Waals surface area (Å²) < 4.78 is 28.6. The first-order chi connectivity index (χ1) is 12.1. The lowest BCUT2D eigenvalue weighted by atomic mass is 10.0. The maximum Gasteiger partial charge on any atom is 0.129 e. The Morgan fingerprint density at radius 2 is 1.48 bits per heavy atom. The van der Waals surface area contributed by atoms with Crippen molar-refractivity contribution >= 4 is 23.8 Å². The summed E-state index contributed by atoms with van der Waals surface area (Å²) in [6.07, 6.45) is 2.51. The molecule has 0 aliphatic heterocycles. The SMILES string of the molecule is Fc1cc(C=Cc2ccc(Cl)cc2)ccc1C[C@@H](F)c1ccccc1. The number of halogens is 3. The molecule has 1 atom stereocenters. The van der Waals surface area contributed by atoms with Crippen molar-refractivity contribution < 1.29 is 8.78 Å². The van der Waals surface area contributed by atoms with Gasteiger partial charge in [-0.05, 0) is 40.5 Å². The molecule has 0 bridgehead atoms. The zero-order chi connectivity index (χ0) is 17.6. The molecule has 25 heavy (non-hydrogen) atoms. The minimum Gasteiger partial charge on any atom is -0.242 e. The standard InChI is InChI=1S/C22H17ClF2/c23-20-12-9-16(10-13-20)6-7-17-8-11-19(21(24)14-17)15-22(25)18-4-2-1-3-5-18/h1-14,22H,15H2/t22-/m1/s1. The van der Waals surface area contributed by atoms with Gasteiger partial charge in [0, 0.05) is 11.4 Å². The van der Waals surface area contributed by atoms with E-state index in [1.165, 1.54) is 6.07 Å². The molecule has 126 valence electrons. The summed E-state index contributed by atoms with van der Waals surface area (Å²) in [7, 11) is 0. The Kier molecular flexibility index (Phi) is 5.62. The van der Waals surface area contributed by atoms with Gasteiger partial charge in [-0.2, -0.15) is 0 Å². The lowest BCUT2D eigenvalue weighted by Crippen LogP contribution is -1.99. The molecule has 3 rings (SSSR count). The lowest BCUT2D eigenvalue weighted by molar-refractivity contribution is 0.338. The molecule has 0 N–H and O–H groups in total. The molecule has 0 nitrogen and oxygen atoms in total. The van der Waals surface area contributed by atoms with Crippen LogP contribution >= 0.6 is 11.6 Å². The van der Waals surface area contributed by atoms with Gasteiger partial charge in [0.1, 0.15) is 12.0 Å². The second-order valence-electron chi connectivity index (χ2n) is 5.82. The molecule has 0 saturated carbocycles. The molecule has 0 fully saturated rings. The Morgan fingerprint density at radius 1 is 0.840 bits per heavy atom. The fourth-order valence-corrected chi connectivity index (χ4v) is 2.70. The molecule has 0 saturated heterocycles. The Labute approximate surface area is 151 Å². The van der Waals surface area contributed by atoms with Crippen LogP contribution in [0.2, 0.25) is 5.02 Å². The molecular weight excluding hydrogens is 338 g/mol. The van der Waals surface area contributed by atoms with Gasteiger partial charge in [-0.25, -0.2) is 8.78 Å². The second-order valence-corrected chi connectivity index (χ2v) is 6.25. The van der Waals surface area contributed by atoms with Crippen molar-refractivity contribution in [3.05, 3.63) is 106 Å². The third-order valence-electron chi connectivity index (χ3n) is 3.98. The number of rotatable bonds is 5. The van der Waals surface area contributed by atoms with Gasteiger partial charge in [-0.3, -0.25) is 0 Å². The van der Waals surface area contributed by atoms with E-state index < -0.39 is 12.0 Å². The van der Waals surface area contributed by atoms with Gasteiger partial charge in [-0.1, -0.05) is 78.4 Å². The minimum absolute atomic E-state index is 0.0248. The Morgan fingerprint density at radius 3 is 2.16 bits per heavy atom. The first-order valence-corrected chi connectivity index (χ1v) is 8.41. The molecule has 3 heteroatoms. The Bertz CT molecular complexity index is 855. The van der Waals surface area contributed by atoms with Crippen molar-refractivity contribution in [2.75, 3.05) is 0 Å². The number of alkyl halides is 1. The van der Waals surface area contributed by atoms with Crippen LogP contribution < -0.4 is 0 Å². The summed E-state index contributed by atoms with van der Waals surface area (Å²) in [5.41, 5.74) is 2.64. The zero-order valence-electron chi connectivity index (χ0n) is 13.5. The van der Waals surface area contributed by atoms with Gasteiger partial charge >= 0.3 is 0 Å². The average molecular weight is 355 g/mol. The Balaban J connectivity index is 1.71. The monoisotopic (exact) mass is 354 g/mol. The number of hydrogen-bond donors (Lipinski definition) is 0. The molecule has 0 heterocycles. The van der Waals surface area contributed by atoms with Crippen molar-refractivity contribution in [3.8, 4) is 0 Å².